The molecule has 0 saturated carbocycles. The van der Waals surface area contributed by atoms with Crippen LogP contribution in [-0.2, 0) is 4.57 Å². The maximum absolute atomic E-state index is 15.9. The van der Waals surface area contributed by atoms with Crippen LogP contribution in [0.5, 0.6) is 0 Å². The number of anilines is 4. The van der Waals surface area contributed by atoms with E-state index in [1.165, 1.54) is 44.0 Å². The first-order valence-corrected chi connectivity index (χ1v) is 21.7. The standard InChI is InChI=1S/C48H33N2OPSi/c51-52(34-17-3-1-4-18-34,35-19-5-2-6-20-35)36-31-32-46-42(33-36)39-23-9-14-28-45(39)49-43-26-12-7-21-37(43)40-24-10-15-29-47(40)53(49)48-30-16-11-25-41(48)38-22-8-13-27-44(38)50(46)53/h1-33H. The Morgan fingerprint density at radius 1 is 0.321 bits per heavy atom. The Kier molecular flexibility index (Phi) is 6.55. The van der Waals surface area contributed by atoms with Crippen LogP contribution in [0.25, 0.3) is 33.4 Å². The number of rotatable bonds is 3. The second-order valence-corrected chi connectivity index (χ2v) is 20.1. The summed E-state index contributed by atoms with van der Waals surface area (Å²) < 4.78 is 21.3. The van der Waals surface area contributed by atoms with Gasteiger partial charge >= 0.3 is 8.40 Å². The van der Waals surface area contributed by atoms with Crippen LogP contribution in [-0.4, -0.2) is 8.40 Å². The van der Waals surface area contributed by atoms with Gasteiger partial charge in [-0.2, -0.15) is 0 Å². The normalized spacial score (nSPS) is 16.0. The van der Waals surface area contributed by atoms with Gasteiger partial charge in [-0.05, 0) is 57.9 Å². The Balaban J connectivity index is 1.32. The summed E-state index contributed by atoms with van der Waals surface area (Å²) in [6.07, 6.45) is 0. The van der Waals surface area contributed by atoms with Gasteiger partial charge in [0.05, 0.1) is 0 Å². The molecule has 3 aliphatic rings. The average Bonchev–Trinajstić information content (AvgIpc) is 3.36. The van der Waals surface area contributed by atoms with E-state index in [1.807, 2.05) is 60.7 Å². The molecule has 0 radical (unpaired) electrons. The lowest BCUT2D eigenvalue weighted by Gasteiger charge is -2.55. The van der Waals surface area contributed by atoms with Crippen molar-refractivity contribution in [1.82, 2.24) is 0 Å². The topological polar surface area (TPSA) is 23.6 Å². The van der Waals surface area contributed by atoms with Crippen LogP contribution in [0.1, 0.15) is 0 Å². The highest BCUT2D eigenvalue weighted by atomic mass is 31.2. The third-order valence-corrected chi connectivity index (χ3v) is 19.1. The summed E-state index contributed by atoms with van der Waals surface area (Å²) in [7, 11) is -6.47. The SMILES string of the molecule is O=P(c1ccccc1)(c1ccccc1)c1ccc2c(c1)-c1ccccc1N1c3ccccc3-c3ccccc3[Si]13c1ccccc1-c1ccccc1N23. The van der Waals surface area contributed by atoms with Gasteiger partial charge in [0, 0.05) is 60.9 Å². The fraction of sp³-hybridized carbons (Fsp3) is 0. The monoisotopic (exact) mass is 712 g/mol. The molecule has 53 heavy (non-hydrogen) atoms. The smallest absolute Gasteiger partial charge is 0.341 e. The summed E-state index contributed by atoms with van der Waals surface area (Å²) in [5.74, 6) is 0. The maximum Gasteiger partial charge on any atom is 0.341 e. The van der Waals surface area contributed by atoms with Crippen LogP contribution in [0.3, 0.4) is 0 Å². The predicted octanol–water partition coefficient (Wildman–Crippen LogP) is 9.50. The minimum atomic E-state index is -3.27. The van der Waals surface area contributed by atoms with Gasteiger partial charge in [0.1, 0.15) is 0 Å². The molecule has 0 aromatic heterocycles. The van der Waals surface area contributed by atoms with Gasteiger partial charge in [-0.15, -0.1) is 0 Å². The predicted molar refractivity (Wildman–Crippen MR) is 224 cm³/mol. The molecule has 0 fully saturated rings. The van der Waals surface area contributed by atoms with E-state index in [0.29, 0.717) is 0 Å². The van der Waals surface area contributed by atoms with E-state index in [0.717, 1.165) is 38.4 Å². The zero-order chi connectivity index (χ0) is 35.1. The highest BCUT2D eigenvalue weighted by Gasteiger charge is 2.60. The number of nitrogens with zero attached hydrogens (tertiary/aromatic N) is 2. The van der Waals surface area contributed by atoms with Crippen molar-refractivity contribution in [2.75, 3.05) is 9.13 Å². The molecule has 1 atom stereocenters. The molecule has 0 N–H and O–H groups in total. The molecule has 3 aliphatic heterocycles. The number of para-hydroxylation sites is 3. The number of hydrogen-bond acceptors (Lipinski definition) is 3. The number of hydrogen-bond donors (Lipinski definition) is 0. The Hall–Kier alpha value is -6.19. The van der Waals surface area contributed by atoms with E-state index >= 15 is 4.57 Å². The third-order valence-electron chi connectivity index (χ3n) is 11.4. The van der Waals surface area contributed by atoms with Crippen LogP contribution < -0.4 is 35.4 Å². The summed E-state index contributed by atoms with van der Waals surface area (Å²) >= 11 is 0. The Morgan fingerprint density at radius 3 is 1.15 bits per heavy atom. The van der Waals surface area contributed by atoms with Gasteiger partial charge < -0.3 is 13.7 Å². The van der Waals surface area contributed by atoms with Crippen molar-refractivity contribution in [3.05, 3.63) is 200 Å². The zero-order valence-corrected chi connectivity index (χ0v) is 30.7. The lowest BCUT2D eigenvalue weighted by molar-refractivity contribution is 0.592. The van der Waals surface area contributed by atoms with Crippen LogP contribution in [0.4, 0.5) is 22.7 Å². The number of fused-ring (bicyclic) bond motifs is 13. The molecule has 5 heteroatoms. The van der Waals surface area contributed by atoms with Crippen LogP contribution in [0.15, 0.2) is 200 Å². The highest BCUT2D eigenvalue weighted by molar-refractivity contribution is 7.85. The zero-order valence-electron chi connectivity index (χ0n) is 28.8. The summed E-state index contributed by atoms with van der Waals surface area (Å²) in [5, 5.41) is 5.19. The molecule has 8 aromatic rings. The van der Waals surface area contributed by atoms with E-state index in [-0.39, 0.29) is 0 Å². The van der Waals surface area contributed by atoms with Crippen LogP contribution in [0.2, 0.25) is 0 Å². The Morgan fingerprint density at radius 2 is 0.679 bits per heavy atom. The minimum Gasteiger partial charge on any atom is -0.342 e. The second-order valence-electron chi connectivity index (χ2n) is 14.0. The fourth-order valence-electron chi connectivity index (χ4n) is 9.27. The average molecular weight is 713 g/mol. The first kappa shape index (κ1) is 30.4. The molecule has 8 aromatic carbocycles. The number of benzene rings is 8. The van der Waals surface area contributed by atoms with Crippen molar-refractivity contribution >= 4 is 64.6 Å². The molecule has 11 rings (SSSR count). The van der Waals surface area contributed by atoms with E-state index in [4.69, 9.17) is 0 Å². The molecule has 0 aliphatic carbocycles. The lowest BCUT2D eigenvalue weighted by Crippen LogP contribution is -2.80. The van der Waals surface area contributed by atoms with E-state index < -0.39 is 15.5 Å². The van der Waals surface area contributed by atoms with Gasteiger partial charge in [0.2, 0.25) is 0 Å². The minimum absolute atomic E-state index is 0.825. The van der Waals surface area contributed by atoms with Gasteiger partial charge in [0.25, 0.3) is 0 Å². The molecule has 1 unspecified atom stereocenters. The third kappa shape index (κ3) is 4.02. The molecule has 250 valence electrons. The molecule has 0 bridgehead atoms. The van der Waals surface area contributed by atoms with Crippen molar-refractivity contribution in [3.63, 3.8) is 0 Å². The largest absolute Gasteiger partial charge is 0.342 e. The van der Waals surface area contributed by atoms with Crippen LogP contribution >= 0.6 is 7.14 Å². The van der Waals surface area contributed by atoms with Crippen LogP contribution in [0, 0.1) is 0 Å². The van der Waals surface area contributed by atoms with Crippen molar-refractivity contribution < 1.29 is 4.57 Å². The van der Waals surface area contributed by atoms with E-state index in [1.54, 1.807) is 0 Å². The molecular formula is C48H33N2OPSi. The summed E-state index contributed by atoms with van der Waals surface area (Å²) in [6.45, 7) is 0. The summed E-state index contributed by atoms with van der Waals surface area (Å²) in [5.41, 5.74) is 11.9. The first-order valence-electron chi connectivity index (χ1n) is 18.1. The van der Waals surface area contributed by atoms with E-state index in [2.05, 4.69) is 149 Å². The Bertz CT molecular complexity index is 2720. The molecule has 0 amide bonds. The molecule has 1 spiro atoms. The molecule has 3 nitrogen and oxygen atoms in total. The van der Waals surface area contributed by atoms with Crippen molar-refractivity contribution in [2.45, 2.75) is 0 Å². The molecular weight excluding hydrogens is 680 g/mol. The second kappa shape index (κ2) is 11.4. The fourth-order valence-corrected chi connectivity index (χ4v) is 17.4. The quantitative estimate of drug-likeness (QED) is 0.135. The maximum atomic E-state index is 15.9. The summed E-state index contributed by atoms with van der Waals surface area (Å²) in [6, 6.07) is 71.5. The molecule has 0 saturated heterocycles. The van der Waals surface area contributed by atoms with Crippen molar-refractivity contribution in [3.8, 4) is 33.4 Å². The summed E-state index contributed by atoms with van der Waals surface area (Å²) in [4.78, 5) is 0. The Labute approximate surface area is 310 Å². The van der Waals surface area contributed by atoms with Gasteiger partial charge in [-0.3, -0.25) is 0 Å². The van der Waals surface area contributed by atoms with Gasteiger partial charge in [-0.1, -0.05) is 164 Å². The highest BCUT2D eigenvalue weighted by Crippen LogP contribution is 2.57. The van der Waals surface area contributed by atoms with E-state index in [9.17, 15) is 0 Å². The molecule has 3 heterocycles. The van der Waals surface area contributed by atoms with Crippen molar-refractivity contribution in [2.24, 2.45) is 0 Å². The van der Waals surface area contributed by atoms with Crippen molar-refractivity contribution in [1.29, 1.82) is 0 Å². The lowest BCUT2D eigenvalue weighted by atomic mass is 9.99. The van der Waals surface area contributed by atoms with Gasteiger partial charge in [0.15, 0.2) is 7.14 Å². The van der Waals surface area contributed by atoms with Gasteiger partial charge in [-0.25, -0.2) is 0 Å². The first-order chi connectivity index (χ1) is 26.2.